The SMILES string of the molecule is COC(=O)c1ccc(Cl)cc1NC(=O)N1Cc2ccccc2-n2cccc2[C@H]1c1ccc(C)cc1. The van der Waals surface area contributed by atoms with E-state index in [1.165, 1.54) is 7.11 Å². The maximum absolute atomic E-state index is 13.9. The minimum absolute atomic E-state index is 0.232. The van der Waals surface area contributed by atoms with Crippen LogP contribution in [-0.2, 0) is 11.3 Å². The fraction of sp³-hybridized carbons (Fsp3) is 0.143. The van der Waals surface area contributed by atoms with Gasteiger partial charge in [-0.05, 0) is 54.4 Å². The number of fused-ring (bicyclic) bond motifs is 3. The van der Waals surface area contributed by atoms with Crippen LogP contribution < -0.4 is 5.32 Å². The summed E-state index contributed by atoms with van der Waals surface area (Å²) in [6.07, 6.45) is 2.02. The van der Waals surface area contributed by atoms with E-state index in [1.807, 2.05) is 67.7 Å². The maximum atomic E-state index is 13.9. The second kappa shape index (κ2) is 9.31. The molecule has 0 saturated carbocycles. The van der Waals surface area contributed by atoms with Crippen LogP contribution in [0.4, 0.5) is 10.5 Å². The summed E-state index contributed by atoms with van der Waals surface area (Å²) in [5, 5.41) is 3.32. The van der Waals surface area contributed by atoms with E-state index >= 15 is 0 Å². The van der Waals surface area contributed by atoms with E-state index in [0.717, 1.165) is 28.1 Å². The highest BCUT2D eigenvalue weighted by molar-refractivity contribution is 6.31. The summed E-state index contributed by atoms with van der Waals surface area (Å²) in [6, 6.07) is 24.2. The molecule has 0 aliphatic carbocycles. The molecule has 0 fully saturated rings. The fourth-order valence-electron chi connectivity index (χ4n) is 4.53. The molecule has 5 rings (SSSR count). The molecule has 2 heterocycles. The number of benzene rings is 3. The number of para-hydroxylation sites is 1. The first-order chi connectivity index (χ1) is 17.0. The Morgan fingerprint density at radius 3 is 2.54 bits per heavy atom. The number of aryl methyl sites for hydroxylation is 1. The molecule has 2 amide bonds. The molecule has 1 N–H and O–H groups in total. The lowest BCUT2D eigenvalue weighted by atomic mass is 10.0. The van der Waals surface area contributed by atoms with Crippen molar-refractivity contribution in [3.8, 4) is 5.69 Å². The molecule has 1 aliphatic rings. The van der Waals surface area contributed by atoms with Crippen LogP contribution in [0.15, 0.2) is 85.1 Å². The molecule has 0 saturated heterocycles. The van der Waals surface area contributed by atoms with Crippen molar-refractivity contribution in [1.82, 2.24) is 9.47 Å². The van der Waals surface area contributed by atoms with Crippen molar-refractivity contribution in [2.75, 3.05) is 12.4 Å². The highest BCUT2D eigenvalue weighted by Gasteiger charge is 2.33. The molecule has 0 spiro atoms. The first kappa shape index (κ1) is 22.7. The van der Waals surface area contributed by atoms with Gasteiger partial charge in [0.05, 0.1) is 36.6 Å². The molecule has 1 aliphatic heterocycles. The lowest BCUT2D eigenvalue weighted by molar-refractivity contribution is 0.0602. The second-order valence-corrected chi connectivity index (χ2v) is 8.92. The van der Waals surface area contributed by atoms with Crippen LogP contribution >= 0.6 is 11.6 Å². The van der Waals surface area contributed by atoms with Gasteiger partial charge >= 0.3 is 12.0 Å². The predicted octanol–water partition coefficient (Wildman–Crippen LogP) is 6.36. The van der Waals surface area contributed by atoms with Crippen LogP contribution in [0, 0.1) is 6.92 Å². The minimum atomic E-state index is -0.554. The van der Waals surface area contributed by atoms with Gasteiger partial charge in [-0.15, -0.1) is 0 Å². The Balaban J connectivity index is 1.62. The van der Waals surface area contributed by atoms with Gasteiger partial charge < -0.3 is 19.5 Å². The monoisotopic (exact) mass is 485 g/mol. The Labute approximate surface area is 208 Å². The van der Waals surface area contributed by atoms with Gasteiger partial charge in [0.15, 0.2) is 0 Å². The number of urea groups is 1. The van der Waals surface area contributed by atoms with E-state index in [9.17, 15) is 9.59 Å². The topological polar surface area (TPSA) is 63.6 Å². The van der Waals surface area contributed by atoms with E-state index in [-0.39, 0.29) is 17.6 Å². The van der Waals surface area contributed by atoms with Crippen LogP contribution in [0.2, 0.25) is 5.02 Å². The molecule has 0 radical (unpaired) electrons. The molecule has 1 atom stereocenters. The number of esters is 1. The minimum Gasteiger partial charge on any atom is -0.465 e. The first-order valence-electron chi connectivity index (χ1n) is 11.2. The molecule has 35 heavy (non-hydrogen) atoms. The Hall–Kier alpha value is -4.03. The number of nitrogens with one attached hydrogen (secondary N) is 1. The zero-order valence-electron chi connectivity index (χ0n) is 19.4. The van der Waals surface area contributed by atoms with E-state index < -0.39 is 5.97 Å². The molecular weight excluding hydrogens is 462 g/mol. The number of amides is 2. The number of hydrogen-bond acceptors (Lipinski definition) is 3. The quantitative estimate of drug-likeness (QED) is 0.343. The summed E-state index contributed by atoms with van der Waals surface area (Å²) < 4.78 is 7.03. The average molecular weight is 486 g/mol. The number of carbonyl (C=O) groups excluding carboxylic acids is 2. The average Bonchev–Trinajstić information content (AvgIpc) is 3.29. The Morgan fingerprint density at radius 2 is 1.77 bits per heavy atom. The zero-order chi connectivity index (χ0) is 24.5. The van der Waals surface area contributed by atoms with Gasteiger partial charge in [0.25, 0.3) is 0 Å². The Bertz CT molecular complexity index is 1410. The Kier molecular flexibility index (Phi) is 6.05. The number of rotatable bonds is 3. The molecule has 4 aromatic rings. The fourth-order valence-corrected chi connectivity index (χ4v) is 4.71. The number of methoxy groups -OCH3 is 1. The van der Waals surface area contributed by atoms with E-state index in [2.05, 4.69) is 16.0 Å². The smallest absolute Gasteiger partial charge is 0.339 e. The summed E-state index contributed by atoms with van der Waals surface area (Å²) in [5.41, 5.74) is 5.65. The van der Waals surface area contributed by atoms with Crippen molar-refractivity contribution in [2.45, 2.75) is 19.5 Å². The van der Waals surface area contributed by atoms with Crippen LogP contribution in [0.5, 0.6) is 0 Å². The Morgan fingerprint density at radius 1 is 1.00 bits per heavy atom. The number of carbonyl (C=O) groups is 2. The van der Waals surface area contributed by atoms with Gasteiger partial charge in [-0.2, -0.15) is 0 Å². The molecule has 1 aromatic heterocycles. The van der Waals surface area contributed by atoms with Crippen LogP contribution in [0.25, 0.3) is 5.69 Å². The van der Waals surface area contributed by atoms with Crippen molar-refractivity contribution in [3.63, 3.8) is 0 Å². The van der Waals surface area contributed by atoms with Crippen molar-refractivity contribution in [2.24, 2.45) is 0 Å². The van der Waals surface area contributed by atoms with Gasteiger partial charge in [0.2, 0.25) is 0 Å². The third kappa shape index (κ3) is 4.29. The van der Waals surface area contributed by atoms with E-state index in [1.54, 1.807) is 23.1 Å². The summed E-state index contributed by atoms with van der Waals surface area (Å²) in [6.45, 7) is 2.41. The number of halogens is 1. The second-order valence-electron chi connectivity index (χ2n) is 8.48. The summed E-state index contributed by atoms with van der Waals surface area (Å²) in [7, 11) is 1.30. The summed E-state index contributed by atoms with van der Waals surface area (Å²) >= 11 is 6.20. The van der Waals surface area contributed by atoms with Gasteiger partial charge in [-0.1, -0.05) is 59.6 Å². The normalized spacial score (nSPS) is 14.5. The third-order valence-electron chi connectivity index (χ3n) is 6.25. The number of nitrogens with zero attached hydrogens (tertiary/aromatic N) is 2. The number of anilines is 1. The molecule has 176 valence electrons. The lowest BCUT2D eigenvalue weighted by Gasteiger charge is -2.31. The van der Waals surface area contributed by atoms with Gasteiger partial charge in [-0.3, -0.25) is 0 Å². The summed E-state index contributed by atoms with van der Waals surface area (Å²) in [4.78, 5) is 28.0. The van der Waals surface area contributed by atoms with Gasteiger partial charge in [-0.25, -0.2) is 9.59 Å². The lowest BCUT2D eigenvalue weighted by Crippen LogP contribution is -2.38. The maximum Gasteiger partial charge on any atom is 0.339 e. The third-order valence-corrected chi connectivity index (χ3v) is 6.48. The molecule has 0 unspecified atom stereocenters. The number of hydrogen-bond donors (Lipinski definition) is 1. The molecule has 3 aromatic carbocycles. The van der Waals surface area contributed by atoms with Crippen LogP contribution in [-0.4, -0.2) is 28.6 Å². The van der Waals surface area contributed by atoms with Crippen molar-refractivity contribution in [1.29, 1.82) is 0 Å². The van der Waals surface area contributed by atoms with E-state index in [0.29, 0.717) is 17.3 Å². The predicted molar refractivity (Wildman–Crippen MR) is 136 cm³/mol. The molecular formula is C28H24ClN3O3. The van der Waals surface area contributed by atoms with Crippen LogP contribution in [0.1, 0.15) is 38.8 Å². The molecule has 6 nitrogen and oxygen atoms in total. The number of aromatic nitrogens is 1. The standard InChI is InChI=1S/C28H24ClN3O3/c1-18-9-11-19(12-10-18)26-25-8-5-15-31(25)24-7-4-3-6-20(24)17-32(26)28(34)30-23-16-21(29)13-14-22(23)27(33)35-2/h3-16,26H,17H2,1-2H3,(H,30,34)/t26-/m1/s1. The highest BCUT2D eigenvalue weighted by Crippen LogP contribution is 2.37. The first-order valence-corrected chi connectivity index (χ1v) is 11.6. The van der Waals surface area contributed by atoms with Crippen molar-refractivity contribution < 1.29 is 14.3 Å². The molecule has 7 heteroatoms. The number of ether oxygens (including phenoxy) is 1. The van der Waals surface area contributed by atoms with Crippen molar-refractivity contribution >= 4 is 29.3 Å². The summed E-state index contributed by atoms with van der Waals surface area (Å²) in [5.74, 6) is -0.554. The van der Waals surface area contributed by atoms with Crippen LogP contribution in [0.3, 0.4) is 0 Å². The molecule has 0 bridgehead atoms. The van der Waals surface area contributed by atoms with Gasteiger partial charge in [0, 0.05) is 16.9 Å². The van der Waals surface area contributed by atoms with Gasteiger partial charge in [0.1, 0.15) is 0 Å². The zero-order valence-corrected chi connectivity index (χ0v) is 20.1. The van der Waals surface area contributed by atoms with E-state index in [4.69, 9.17) is 16.3 Å². The van der Waals surface area contributed by atoms with Crippen molar-refractivity contribution in [3.05, 3.63) is 118 Å². The highest BCUT2D eigenvalue weighted by atomic mass is 35.5. The largest absolute Gasteiger partial charge is 0.465 e.